The first-order chi connectivity index (χ1) is 10.2. The Balaban J connectivity index is 1.73. The number of nitrogens with zero attached hydrogens (tertiary/aromatic N) is 2. The van der Waals surface area contributed by atoms with Crippen molar-refractivity contribution in [1.29, 1.82) is 0 Å². The molecule has 2 atom stereocenters. The molecule has 0 spiro atoms. The van der Waals surface area contributed by atoms with Gasteiger partial charge in [-0.3, -0.25) is 4.90 Å². The van der Waals surface area contributed by atoms with Crippen molar-refractivity contribution in [2.75, 3.05) is 37.6 Å². The Morgan fingerprint density at radius 3 is 2.33 bits per heavy atom. The van der Waals surface area contributed by atoms with Crippen molar-refractivity contribution in [2.45, 2.75) is 45.7 Å². The van der Waals surface area contributed by atoms with Gasteiger partial charge in [-0.15, -0.1) is 0 Å². The fourth-order valence-corrected chi connectivity index (χ4v) is 3.10. The Labute approximate surface area is 130 Å². The van der Waals surface area contributed by atoms with E-state index in [-0.39, 0.29) is 0 Å². The number of hydrogen-bond acceptors (Lipinski definition) is 3. The third-order valence-electron chi connectivity index (χ3n) is 4.54. The highest BCUT2D eigenvalue weighted by molar-refractivity contribution is 5.46. The normalized spacial score (nSPS) is 19.5. The zero-order valence-corrected chi connectivity index (χ0v) is 13.9. The van der Waals surface area contributed by atoms with Gasteiger partial charge in [-0.05, 0) is 32.4 Å². The van der Waals surface area contributed by atoms with Crippen molar-refractivity contribution in [2.24, 2.45) is 0 Å². The van der Waals surface area contributed by atoms with Crippen LogP contribution < -0.4 is 10.2 Å². The predicted octanol–water partition coefficient (Wildman–Crippen LogP) is 2.98. The third kappa shape index (κ3) is 5.01. The second-order valence-electron chi connectivity index (χ2n) is 6.31. The largest absolute Gasteiger partial charge is 0.369 e. The van der Waals surface area contributed by atoms with Crippen LogP contribution in [0.25, 0.3) is 0 Å². The molecule has 0 aliphatic carbocycles. The van der Waals surface area contributed by atoms with Crippen LogP contribution in [0, 0.1) is 0 Å². The number of para-hydroxylation sites is 1. The summed E-state index contributed by atoms with van der Waals surface area (Å²) in [5.74, 6) is 0. The SMILES string of the molecule is CCCC(C)NCC(C)N1CCN(c2ccccc2)CC1. The highest BCUT2D eigenvalue weighted by Gasteiger charge is 2.21. The Hall–Kier alpha value is -1.06. The number of hydrogen-bond donors (Lipinski definition) is 1. The van der Waals surface area contributed by atoms with Gasteiger partial charge in [0.25, 0.3) is 0 Å². The molecule has 0 aromatic heterocycles. The van der Waals surface area contributed by atoms with Crippen LogP contribution in [0.1, 0.15) is 33.6 Å². The Morgan fingerprint density at radius 1 is 1.05 bits per heavy atom. The molecule has 1 aromatic carbocycles. The summed E-state index contributed by atoms with van der Waals surface area (Å²) in [4.78, 5) is 5.11. The highest BCUT2D eigenvalue weighted by Crippen LogP contribution is 2.16. The minimum atomic E-state index is 0.627. The lowest BCUT2D eigenvalue weighted by molar-refractivity contribution is 0.189. The molecule has 21 heavy (non-hydrogen) atoms. The van der Waals surface area contributed by atoms with Crippen LogP contribution in [0.4, 0.5) is 5.69 Å². The molecule has 3 heteroatoms. The van der Waals surface area contributed by atoms with Crippen LogP contribution >= 0.6 is 0 Å². The van der Waals surface area contributed by atoms with Gasteiger partial charge in [0.15, 0.2) is 0 Å². The van der Waals surface area contributed by atoms with Gasteiger partial charge in [0.1, 0.15) is 0 Å². The maximum atomic E-state index is 3.67. The Bertz CT molecular complexity index is 385. The fourth-order valence-electron chi connectivity index (χ4n) is 3.10. The standard InChI is InChI=1S/C18H31N3/c1-4-8-16(2)19-15-17(3)20-11-13-21(14-12-20)18-9-6-5-7-10-18/h5-7,9-10,16-17,19H,4,8,11-15H2,1-3H3. The molecule has 1 saturated heterocycles. The number of anilines is 1. The van der Waals surface area contributed by atoms with Crippen molar-refractivity contribution < 1.29 is 0 Å². The van der Waals surface area contributed by atoms with Crippen molar-refractivity contribution in [1.82, 2.24) is 10.2 Å². The van der Waals surface area contributed by atoms with Crippen LogP contribution in [0.15, 0.2) is 30.3 Å². The van der Waals surface area contributed by atoms with Crippen molar-refractivity contribution in [3.63, 3.8) is 0 Å². The Morgan fingerprint density at radius 2 is 1.71 bits per heavy atom. The number of nitrogens with one attached hydrogen (secondary N) is 1. The molecule has 0 saturated carbocycles. The molecule has 0 bridgehead atoms. The summed E-state index contributed by atoms with van der Waals surface area (Å²) in [6.45, 7) is 12.6. The van der Waals surface area contributed by atoms with E-state index in [1.807, 2.05) is 0 Å². The zero-order valence-electron chi connectivity index (χ0n) is 13.9. The molecule has 1 heterocycles. The zero-order chi connectivity index (χ0) is 15.1. The summed E-state index contributed by atoms with van der Waals surface area (Å²) in [6, 6.07) is 12.0. The second kappa shape index (κ2) is 8.40. The summed E-state index contributed by atoms with van der Waals surface area (Å²) in [5.41, 5.74) is 1.36. The molecular weight excluding hydrogens is 258 g/mol. The highest BCUT2D eigenvalue weighted by atomic mass is 15.3. The van der Waals surface area contributed by atoms with E-state index >= 15 is 0 Å². The van der Waals surface area contributed by atoms with Crippen LogP contribution in [0.5, 0.6) is 0 Å². The minimum absolute atomic E-state index is 0.627. The lowest BCUT2D eigenvalue weighted by Gasteiger charge is -2.39. The summed E-state index contributed by atoms with van der Waals surface area (Å²) in [6.07, 6.45) is 2.53. The molecule has 2 rings (SSSR count). The van der Waals surface area contributed by atoms with Crippen LogP contribution in [-0.2, 0) is 0 Å². The summed E-state index contributed by atoms with van der Waals surface area (Å²) < 4.78 is 0. The van der Waals surface area contributed by atoms with E-state index in [9.17, 15) is 0 Å². The van der Waals surface area contributed by atoms with E-state index < -0.39 is 0 Å². The number of piperazine rings is 1. The molecule has 2 unspecified atom stereocenters. The maximum Gasteiger partial charge on any atom is 0.0367 e. The van der Waals surface area contributed by atoms with Crippen molar-refractivity contribution in [3.8, 4) is 0 Å². The maximum absolute atomic E-state index is 3.67. The lowest BCUT2D eigenvalue weighted by Crippen LogP contribution is -2.52. The second-order valence-corrected chi connectivity index (χ2v) is 6.31. The summed E-state index contributed by atoms with van der Waals surface area (Å²) in [7, 11) is 0. The first-order valence-corrected chi connectivity index (χ1v) is 8.48. The van der Waals surface area contributed by atoms with Crippen molar-refractivity contribution in [3.05, 3.63) is 30.3 Å². The fraction of sp³-hybridized carbons (Fsp3) is 0.667. The molecular formula is C18H31N3. The first-order valence-electron chi connectivity index (χ1n) is 8.48. The molecule has 1 fully saturated rings. The smallest absolute Gasteiger partial charge is 0.0367 e. The Kier molecular flexibility index (Phi) is 6.52. The van der Waals surface area contributed by atoms with Gasteiger partial charge in [-0.2, -0.15) is 0 Å². The molecule has 1 aromatic rings. The minimum Gasteiger partial charge on any atom is -0.369 e. The van der Waals surface area contributed by atoms with Gasteiger partial charge in [-0.1, -0.05) is 31.5 Å². The molecule has 1 aliphatic rings. The van der Waals surface area contributed by atoms with E-state index in [2.05, 4.69) is 66.2 Å². The summed E-state index contributed by atoms with van der Waals surface area (Å²) >= 11 is 0. The van der Waals surface area contributed by atoms with Gasteiger partial charge in [0.05, 0.1) is 0 Å². The molecule has 0 amide bonds. The molecule has 118 valence electrons. The van der Waals surface area contributed by atoms with E-state index in [4.69, 9.17) is 0 Å². The summed E-state index contributed by atoms with van der Waals surface area (Å²) in [5, 5.41) is 3.67. The van der Waals surface area contributed by atoms with Crippen molar-refractivity contribution >= 4 is 5.69 Å². The van der Waals surface area contributed by atoms with Gasteiger partial charge >= 0.3 is 0 Å². The first kappa shape index (κ1) is 16.3. The van der Waals surface area contributed by atoms with Gasteiger partial charge in [-0.25, -0.2) is 0 Å². The van der Waals surface area contributed by atoms with Crippen LogP contribution in [0.2, 0.25) is 0 Å². The molecule has 0 radical (unpaired) electrons. The molecule has 1 N–H and O–H groups in total. The topological polar surface area (TPSA) is 18.5 Å². The average Bonchev–Trinajstić information content (AvgIpc) is 2.54. The van der Waals surface area contributed by atoms with Gasteiger partial charge < -0.3 is 10.2 Å². The number of benzene rings is 1. The number of rotatable bonds is 7. The van der Waals surface area contributed by atoms with E-state index in [1.54, 1.807) is 0 Å². The van der Waals surface area contributed by atoms with E-state index in [0.717, 1.165) is 19.6 Å². The lowest BCUT2D eigenvalue weighted by atomic mass is 10.1. The quantitative estimate of drug-likeness (QED) is 0.832. The average molecular weight is 289 g/mol. The monoisotopic (exact) mass is 289 g/mol. The van der Waals surface area contributed by atoms with E-state index in [0.29, 0.717) is 12.1 Å². The molecule has 3 nitrogen and oxygen atoms in total. The van der Waals surface area contributed by atoms with Gasteiger partial charge in [0, 0.05) is 50.5 Å². The van der Waals surface area contributed by atoms with Crippen LogP contribution in [-0.4, -0.2) is 49.7 Å². The predicted molar refractivity (Wildman–Crippen MR) is 92.1 cm³/mol. The third-order valence-corrected chi connectivity index (χ3v) is 4.54. The molecule has 1 aliphatic heterocycles. The van der Waals surface area contributed by atoms with E-state index in [1.165, 1.54) is 31.6 Å². The van der Waals surface area contributed by atoms with Crippen LogP contribution in [0.3, 0.4) is 0 Å². The van der Waals surface area contributed by atoms with Gasteiger partial charge in [0.2, 0.25) is 0 Å².